The van der Waals surface area contributed by atoms with Crippen molar-refractivity contribution in [3.63, 3.8) is 0 Å². The third-order valence-electron chi connectivity index (χ3n) is 6.04. The standard InChI is InChI=1S/C25H36N4O4/c1-16(2)15-32-24(31)29-10-6-9-28(11-12-29)23(30)18-13-19(17-7-8-17)26-22-21(18)20(27-33-22)14-25(3,4)5/h13,16-17H,6-12,14-15H2,1-5H3. The van der Waals surface area contributed by atoms with Gasteiger partial charge in [0.25, 0.3) is 11.6 Å². The van der Waals surface area contributed by atoms with Gasteiger partial charge in [-0.05, 0) is 43.1 Å². The van der Waals surface area contributed by atoms with E-state index in [1.54, 1.807) is 4.90 Å². The predicted molar refractivity (Wildman–Crippen MR) is 125 cm³/mol. The van der Waals surface area contributed by atoms with Crippen molar-refractivity contribution in [1.29, 1.82) is 0 Å². The summed E-state index contributed by atoms with van der Waals surface area (Å²) in [7, 11) is 0. The van der Waals surface area contributed by atoms with Gasteiger partial charge in [-0.3, -0.25) is 4.79 Å². The van der Waals surface area contributed by atoms with Crippen molar-refractivity contribution in [2.24, 2.45) is 11.3 Å². The van der Waals surface area contributed by atoms with E-state index in [1.807, 2.05) is 24.8 Å². The Kier molecular flexibility index (Phi) is 6.64. The normalized spacial score (nSPS) is 17.5. The molecule has 1 aliphatic heterocycles. The highest BCUT2D eigenvalue weighted by Gasteiger charge is 2.32. The fourth-order valence-corrected chi connectivity index (χ4v) is 4.21. The molecule has 0 aromatic carbocycles. The number of amides is 2. The summed E-state index contributed by atoms with van der Waals surface area (Å²) in [5.74, 6) is 0.646. The third-order valence-corrected chi connectivity index (χ3v) is 6.04. The molecule has 2 aromatic heterocycles. The molecule has 2 aromatic rings. The first kappa shape index (κ1) is 23.5. The van der Waals surface area contributed by atoms with Crippen molar-refractivity contribution in [3.05, 3.63) is 23.0 Å². The monoisotopic (exact) mass is 456 g/mol. The van der Waals surface area contributed by atoms with Gasteiger partial charge in [0.05, 0.1) is 23.3 Å². The lowest BCUT2D eigenvalue weighted by atomic mass is 9.89. The number of hydrogen-bond donors (Lipinski definition) is 0. The first-order valence-electron chi connectivity index (χ1n) is 12.1. The van der Waals surface area contributed by atoms with Gasteiger partial charge in [-0.15, -0.1) is 0 Å². The molecule has 1 saturated heterocycles. The van der Waals surface area contributed by atoms with Crippen LogP contribution in [0.4, 0.5) is 4.79 Å². The van der Waals surface area contributed by atoms with Crippen LogP contribution in [-0.4, -0.2) is 64.7 Å². The van der Waals surface area contributed by atoms with Crippen LogP contribution in [0.2, 0.25) is 0 Å². The van der Waals surface area contributed by atoms with Crippen molar-refractivity contribution >= 4 is 23.1 Å². The number of nitrogens with zero attached hydrogens (tertiary/aromatic N) is 4. The molecule has 2 fully saturated rings. The first-order valence-corrected chi connectivity index (χ1v) is 12.1. The Morgan fingerprint density at radius 2 is 1.85 bits per heavy atom. The summed E-state index contributed by atoms with van der Waals surface area (Å²) in [6.45, 7) is 13.0. The van der Waals surface area contributed by atoms with E-state index in [1.165, 1.54) is 0 Å². The van der Waals surface area contributed by atoms with Gasteiger partial charge in [0.1, 0.15) is 0 Å². The Bertz CT molecular complexity index is 1020. The second-order valence-corrected chi connectivity index (χ2v) is 11.0. The Balaban J connectivity index is 1.58. The van der Waals surface area contributed by atoms with E-state index < -0.39 is 0 Å². The van der Waals surface area contributed by atoms with Gasteiger partial charge in [0.15, 0.2) is 0 Å². The molecule has 0 bridgehead atoms. The summed E-state index contributed by atoms with van der Waals surface area (Å²) < 4.78 is 11.0. The summed E-state index contributed by atoms with van der Waals surface area (Å²) in [6.07, 6.45) is 3.29. The van der Waals surface area contributed by atoms with Crippen LogP contribution in [-0.2, 0) is 11.2 Å². The molecule has 0 spiro atoms. The quantitative estimate of drug-likeness (QED) is 0.652. The van der Waals surface area contributed by atoms with Crippen LogP contribution in [0.3, 0.4) is 0 Å². The first-order chi connectivity index (χ1) is 15.6. The second-order valence-electron chi connectivity index (χ2n) is 11.0. The minimum atomic E-state index is -0.299. The van der Waals surface area contributed by atoms with Gasteiger partial charge in [-0.1, -0.05) is 39.8 Å². The predicted octanol–water partition coefficient (Wildman–Crippen LogP) is 4.63. The van der Waals surface area contributed by atoms with E-state index in [9.17, 15) is 9.59 Å². The van der Waals surface area contributed by atoms with Gasteiger partial charge in [-0.2, -0.15) is 0 Å². The molecule has 33 heavy (non-hydrogen) atoms. The molecule has 0 radical (unpaired) electrons. The number of pyridine rings is 1. The zero-order chi connectivity index (χ0) is 23.8. The van der Waals surface area contributed by atoms with Gasteiger partial charge in [0, 0.05) is 37.8 Å². The summed E-state index contributed by atoms with van der Waals surface area (Å²) >= 11 is 0. The van der Waals surface area contributed by atoms with Crippen LogP contribution < -0.4 is 0 Å². The van der Waals surface area contributed by atoms with Gasteiger partial charge in [-0.25, -0.2) is 9.78 Å². The van der Waals surface area contributed by atoms with Crippen molar-refractivity contribution in [2.75, 3.05) is 32.8 Å². The summed E-state index contributed by atoms with van der Waals surface area (Å²) in [4.78, 5) is 34.4. The molecule has 8 nitrogen and oxygen atoms in total. The lowest BCUT2D eigenvalue weighted by Crippen LogP contribution is -2.38. The average Bonchev–Trinajstić information content (AvgIpc) is 3.55. The summed E-state index contributed by atoms with van der Waals surface area (Å²) in [6, 6.07) is 1.95. The molecule has 2 amide bonds. The summed E-state index contributed by atoms with van der Waals surface area (Å²) in [5.41, 5.74) is 2.77. The highest BCUT2D eigenvalue weighted by molar-refractivity contribution is 6.06. The molecule has 0 N–H and O–H groups in total. The molecule has 0 atom stereocenters. The number of fused-ring (bicyclic) bond motifs is 1. The molecular weight excluding hydrogens is 420 g/mol. The molecule has 180 valence electrons. The third kappa shape index (κ3) is 5.65. The van der Waals surface area contributed by atoms with Gasteiger partial charge in [0.2, 0.25) is 0 Å². The highest BCUT2D eigenvalue weighted by atomic mass is 16.6. The molecule has 1 aliphatic carbocycles. The lowest BCUT2D eigenvalue weighted by molar-refractivity contribution is 0.0748. The van der Waals surface area contributed by atoms with E-state index in [0.717, 1.165) is 29.6 Å². The van der Waals surface area contributed by atoms with Crippen LogP contribution in [0.15, 0.2) is 10.6 Å². The smallest absolute Gasteiger partial charge is 0.409 e. The van der Waals surface area contributed by atoms with Gasteiger partial charge >= 0.3 is 6.09 Å². The van der Waals surface area contributed by atoms with Crippen LogP contribution >= 0.6 is 0 Å². The zero-order valence-corrected chi connectivity index (χ0v) is 20.5. The Labute approximate surface area is 195 Å². The Morgan fingerprint density at radius 3 is 2.52 bits per heavy atom. The average molecular weight is 457 g/mol. The highest BCUT2D eigenvalue weighted by Crippen LogP contribution is 2.41. The number of aromatic nitrogens is 2. The number of ether oxygens (including phenoxy) is 1. The molecule has 1 saturated carbocycles. The van der Waals surface area contributed by atoms with Crippen LogP contribution in [0.5, 0.6) is 0 Å². The maximum atomic E-state index is 13.8. The molecule has 8 heteroatoms. The largest absolute Gasteiger partial charge is 0.449 e. The van der Waals surface area contributed by atoms with Crippen LogP contribution in [0.1, 0.15) is 81.5 Å². The number of rotatable bonds is 5. The molecule has 3 heterocycles. The van der Waals surface area contributed by atoms with E-state index in [4.69, 9.17) is 14.2 Å². The van der Waals surface area contributed by atoms with Crippen molar-refractivity contribution in [2.45, 2.75) is 66.2 Å². The topological polar surface area (TPSA) is 88.8 Å². The molecule has 0 unspecified atom stereocenters. The van der Waals surface area contributed by atoms with E-state index in [-0.39, 0.29) is 17.4 Å². The maximum Gasteiger partial charge on any atom is 0.409 e. The fourth-order valence-electron chi connectivity index (χ4n) is 4.21. The minimum Gasteiger partial charge on any atom is -0.449 e. The number of carbonyl (C=O) groups is 2. The van der Waals surface area contributed by atoms with Crippen LogP contribution in [0.25, 0.3) is 11.1 Å². The zero-order valence-electron chi connectivity index (χ0n) is 20.5. The Morgan fingerprint density at radius 1 is 1.15 bits per heavy atom. The maximum absolute atomic E-state index is 13.8. The fraction of sp³-hybridized carbons (Fsp3) is 0.680. The molecule has 2 aliphatic rings. The van der Waals surface area contributed by atoms with Crippen molar-refractivity contribution < 1.29 is 18.8 Å². The minimum absolute atomic E-state index is 0.00125. The van der Waals surface area contributed by atoms with Crippen molar-refractivity contribution in [3.8, 4) is 0 Å². The number of carbonyl (C=O) groups excluding carboxylic acids is 2. The van der Waals surface area contributed by atoms with E-state index in [2.05, 4.69) is 25.9 Å². The molecule has 4 rings (SSSR count). The van der Waals surface area contributed by atoms with E-state index >= 15 is 0 Å². The molecular formula is C25H36N4O4. The van der Waals surface area contributed by atoms with Crippen molar-refractivity contribution in [1.82, 2.24) is 19.9 Å². The Hall–Kier alpha value is -2.64. The lowest BCUT2D eigenvalue weighted by Gasteiger charge is -2.23. The SMILES string of the molecule is CC(C)COC(=O)N1CCCN(C(=O)c2cc(C3CC3)nc3onc(CC(C)(C)C)c23)CC1. The van der Waals surface area contributed by atoms with E-state index in [0.29, 0.717) is 68.7 Å². The number of hydrogen-bond acceptors (Lipinski definition) is 6. The van der Waals surface area contributed by atoms with Crippen LogP contribution in [0, 0.1) is 11.3 Å². The summed E-state index contributed by atoms with van der Waals surface area (Å²) in [5, 5.41) is 5.03. The van der Waals surface area contributed by atoms with Gasteiger partial charge < -0.3 is 19.1 Å². The second kappa shape index (κ2) is 9.31.